The van der Waals surface area contributed by atoms with Crippen LogP contribution in [0.15, 0.2) is 46.8 Å². The molecule has 0 saturated heterocycles. The van der Waals surface area contributed by atoms with Crippen LogP contribution in [-0.4, -0.2) is 52.1 Å². The lowest BCUT2D eigenvalue weighted by Gasteiger charge is -2.25. The van der Waals surface area contributed by atoms with Gasteiger partial charge in [-0.2, -0.15) is 5.10 Å². The number of nitrogens with zero attached hydrogens (tertiary/aromatic N) is 4. The number of nitrogens with two attached hydrogens (primary N) is 1. The number of aliphatic imine (C=N–C) groups is 1. The fourth-order valence-electron chi connectivity index (χ4n) is 4.43. The molecular formula is C27H37N5O3. The first-order valence-electron chi connectivity index (χ1n) is 12.3. The Morgan fingerprint density at radius 1 is 1.37 bits per heavy atom. The minimum atomic E-state index is -0.815. The summed E-state index contributed by atoms with van der Waals surface area (Å²) in [6, 6.07) is 8.25. The lowest BCUT2D eigenvalue weighted by atomic mass is 9.88. The van der Waals surface area contributed by atoms with Crippen LogP contribution < -0.4 is 10.6 Å². The van der Waals surface area contributed by atoms with E-state index in [2.05, 4.69) is 46.0 Å². The lowest BCUT2D eigenvalue weighted by Crippen LogP contribution is -2.32. The Morgan fingerprint density at radius 3 is 2.91 bits per heavy atom. The lowest BCUT2D eigenvalue weighted by molar-refractivity contribution is -0.137. The number of aliphatic carboxylic acids is 1. The molecule has 35 heavy (non-hydrogen) atoms. The highest BCUT2D eigenvalue weighted by Crippen LogP contribution is 2.30. The smallest absolute Gasteiger partial charge is 0.303 e. The molecule has 1 aromatic heterocycles. The summed E-state index contributed by atoms with van der Waals surface area (Å²) in [4.78, 5) is 22.5. The Bertz CT molecular complexity index is 1050. The van der Waals surface area contributed by atoms with Crippen molar-refractivity contribution in [1.82, 2.24) is 9.88 Å². The SMILES string of the molecule is CCN=CC(CCC(CC(=O)O)c1ccc(C)c(CN2Cc3cnccc3O[C@H](CC)C2)c1)=NN. The Hall–Kier alpha value is -3.26. The van der Waals surface area contributed by atoms with Gasteiger partial charge in [0, 0.05) is 50.4 Å². The average molecular weight is 480 g/mol. The third kappa shape index (κ3) is 7.62. The van der Waals surface area contributed by atoms with Gasteiger partial charge in [-0.05, 0) is 61.8 Å². The molecule has 1 aliphatic rings. The molecule has 0 fully saturated rings. The fourth-order valence-corrected chi connectivity index (χ4v) is 4.43. The number of carboxylic acids is 1. The zero-order valence-corrected chi connectivity index (χ0v) is 21.0. The predicted molar refractivity (Wildman–Crippen MR) is 139 cm³/mol. The molecule has 1 aromatic carbocycles. The number of aryl methyl sites for hydroxylation is 1. The van der Waals surface area contributed by atoms with Crippen LogP contribution >= 0.6 is 0 Å². The highest BCUT2D eigenvalue weighted by atomic mass is 16.5. The second-order valence-electron chi connectivity index (χ2n) is 9.07. The van der Waals surface area contributed by atoms with Gasteiger partial charge in [-0.1, -0.05) is 25.1 Å². The Labute approximate surface area is 207 Å². The molecule has 3 N–H and O–H groups in total. The van der Waals surface area contributed by atoms with Gasteiger partial charge in [0.05, 0.1) is 12.1 Å². The average Bonchev–Trinajstić information content (AvgIpc) is 3.03. The summed E-state index contributed by atoms with van der Waals surface area (Å²) >= 11 is 0. The van der Waals surface area contributed by atoms with Crippen LogP contribution in [0.2, 0.25) is 0 Å². The fraction of sp³-hybridized carbons (Fsp3) is 0.481. The van der Waals surface area contributed by atoms with Gasteiger partial charge < -0.3 is 15.7 Å². The predicted octanol–water partition coefficient (Wildman–Crippen LogP) is 4.31. The molecule has 0 saturated carbocycles. The zero-order valence-electron chi connectivity index (χ0n) is 21.0. The number of aromatic nitrogens is 1. The summed E-state index contributed by atoms with van der Waals surface area (Å²) in [6.07, 6.45) is 7.63. The van der Waals surface area contributed by atoms with E-state index in [1.165, 1.54) is 11.1 Å². The summed E-state index contributed by atoms with van der Waals surface area (Å²) < 4.78 is 6.22. The van der Waals surface area contributed by atoms with Gasteiger partial charge in [0.25, 0.3) is 0 Å². The number of fused-ring (bicyclic) bond motifs is 1. The first-order valence-corrected chi connectivity index (χ1v) is 12.3. The third-order valence-corrected chi connectivity index (χ3v) is 6.46. The van der Waals surface area contributed by atoms with Gasteiger partial charge in [-0.3, -0.25) is 19.7 Å². The molecule has 8 nitrogen and oxygen atoms in total. The van der Waals surface area contributed by atoms with Gasteiger partial charge in [0.15, 0.2) is 0 Å². The molecule has 0 spiro atoms. The number of carboxylic acid groups (broad SMARTS) is 1. The number of benzene rings is 1. The van der Waals surface area contributed by atoms with Crippen molar-refractivity contribution in [3.05, 3.63) is 58.9 Å². The maximum absolute atomic E-state index is 11.7. The topological polar surface area (TPSA) is 113 Å². The van der Waals surface area contributed by atoms with E-state index in [0.29, 0.717) is 25.1 Å². The van der Waals surface area contributed by atoms with Crippen molar-refractivity contribution in [3.8, 4) is 5.75 Å². The Morgan fingerprint density at radius 2 is 2.20 bits per heavy atom. The van der Waals surface area contributed by atoms with E-state index in [1.807, 2.05) is 25.3 Å². The molecule has 2 heterocycles. The van der Waals surface area contributed by atoms with E-state index < -0.39 is 5.97 Å². The number of hydrazone groups is 1. The molecule has 2 atom stereocenters. The minimum absolute atomic E-state index is 0.0553. The standard InChI is InChI=1S/C27H37N5O3/c1-4-25-18-32(17-23-14-30-11-10-26(23)35-25)16-22-12-20(7-6-19(22)3)21(13-27(33)34)8-9-24(31-28)15-29-5-2/h6-7,10-12,14-15,21,25H,4-5,8-9,13,16-18,28H2,1-3H3,(H,33,34)/t21?,25-/m1/s1. The van der Waals surface area contributed by atoms with E-state index in [9.17, 15) is 9.90 Å². The third-order valence-electron chi connectivity index (χ3n) is 6.46. The first kappa shape index (κ1) is 26.3. The molecule has 3 rings (SSSR count). The highest BCUT2D eigenvalue weighted by molar-refractivity contribution is 6.30. The van der Waals surface area contributed by atoms with Gasteiger partial charge in [-0.25, -0.2) is 0 Å². The zero-order chi connectivity index (χ0) is 25.2. The number of hydrogen-bond donors (Lipinski definition) is 2. The first-order chi connectivity index (χ1) is 16.9. The van der Waals surface area contributed by atoms with E-state index in [4.69, 9.17) is 10.6 Å². The number of pyridine rings is 1. The molecule has 188 valence electrons. The molecule has 1 aliphatic heterocycles. The van der Waals surface area contributed by atoms with E-state index in [-0.39, 0.29) is 18.4 Å². The van der Waals surface area contributed by atoms with Gasteiger partial charge in [0.2, 0.25) is 0 Å². The highest BCUT2D eigenvalue weighted by Gasteiger charge is 2.23. The number of rotatable bonds is 11. The van der Waals surface area contributed by atoms with Crippen molar-refractivity contribution in [3.63, 3.8) is 0 Å². The van der Waals surface area contributed by atoms with Gasteiger partial charge in [0.1, 0.15) is 11.9 Å². The maximum Gasteiger partial charge on any atom is 0.303 e. The summed E-state index contributed by atoms with van der Waals surface area (Å²) in [6.45, 7) is 9.18. The van der Waals surface area contributed by atoms with Crippen LogP contribution in [0.1, 0.15) is 67.7 Å². The van der Waals surface area contributed by atoms with Crippen molar-refractivity contribution >= 4 is 17.9 Å². The normalized spacial score (nSPS) is 17.6. The van der Waals surface area contributed by atoms with Crippen LogP contribution in [0.3, 0.4) is 0 Å². The molecular weight excluding hydrogens is 442 g/mol. The van der Waals surface area contributed by atoms with Crippen molar-refractivity contribution < 1.29 is 14.6 Å². The second kappa shape index (κ2) is 13.0. The molecule has 1 unspecified atom stereocenters. The molecule has 0 radical (unpaired) electrons. The summed E-state index contributed by atoms with van der Waals surface area (Å²) in [5.41, 5.74) is 5.17. The van der Waals surface area contributed by atoms with Crippen molar-refractivity contribution in [1.29, 1.82) is 0 Å². The van der Waals surface area contributed by atoms with Crippen LogP contribution in [0.5, 0.6) is 5.75 Å². The van der Waals surface area contributed by atoms with Crippen molar-refractivity contribution in [2.75, 3.05) is 13.1 Å². The summed E-state index contributed by atoms with van der Waals surface area (Å²) in [7, 11) is 0. The monoisotopic (exact) mass is 479 g/mol. The van der Waals surface area contributed by atoms with Crippen LogP contribution in [-0.2, 0) is 17.9 Å². The van der Waals surface area contributed by atoms with E-state index in [0.717, 1.165) is 42.9 Å². The minimum Gasteiger partial charge on any atom is -0.489 e. The Kier molecular flexibility index (Phi) is 9.78. The van der Waals surface area contributed by atoms with Gasteiger partial charge in [-0.15, -0.1) is 0 Å². The van der Waals surface area contributed by atoms with Crippen molar-refractivity contribution in [2.45, 2.75) is 71.6 Å². The van der Waals surface area contributed by atoms with Gasteiger partial charge >= 0.3 is 5.97 Å². The van der Waals surface area contributed by atoms with Crippen molar-refractivity contribution in [2.24, 2.45) is 15.9 Å². The number of ether oxygens (including phenoxy) is 1. The molecule has 0 aliphatic carbocycles. The summed E-state index contributed by atoms with van der Waals surface area (Å²) in [5.74, 6) is 5.47. The van der Waals surface area contributed by atoms with Crippen LogP contribution in [0, 0.1) is 6.92 Å². The van der Waals surface area contributed by atoms with E-state index >= 15 is 0 Å². The quantitative estimate of drug-likeness (QED) is 0.282. The second-order valence-corrected chi connectivity index (χ2v) is 9.07. The number of carbonyl (C=O) groups is 1. The number of hydrogen-bond acceptors (Lipinski definition) is 7. The molecule has 8 heteroatoms. The molecule has 2 aromatic rings. The molecule has 0 bridgehead atoms. The van der Waals surface area contributed by atoms with E-state index in [1.54, 1.807) is 12.4 Å². The van der Waals surface area contributed by atoms with Crippen LogP contribution in [0.25, 0.3) is 0 Å². The summed E-state index contributed by atoms with van der Waals surface area (Å²) in [5, 5.41) is 13.4. The maximum atomic E-state index is 11.7. The Balaban J connectivity index is 1.81. The largest absolute Gasteiger partial charge is 0.489 e. The van der Waals surface area contributed by atoms with Crippen LogP contribution in [0.4, 0.5) is 0 Å². The molecule has 0 amide bonds.